The number of benzene rings is 3. The molecule has 13 nitrogen and oxygen atoms in total. The molecule has 13 heteroatoms. The Kier molecular flexibility index (Phi) is 10.7. The van der Waals surface area contributed by atoms with Crippen LogP contribution in [0.4, 0.5) is 4.79 Å². The Hall–Kier alpha value is -5.66. The number of methoxy groups -OCH3 is 1. The summed E-state index contributed by atoms with van der Waals surface area (Å²) in [6.07, 6.45) is 4.60. The first-order valence-corrected chi connectivity index (χ1v) is 18.4. The first-order valence-electron chi connectivity index (χ1n) is 18.4. The maximum absolute atomic E-state index is 14.6. The van der Waals surface area contributed by atoms with Gasteiger partial charge in [0.25, 0.3) is 5.91 Å². The van der Waals surface area contributed by atoms with Gasteiger partial charge >= 0.3 is 6.03 Å². The monoisotopic (exact) mass is 733 g/mol. The molecule has 3 aliphatic rings. The first-order chi connectivity index (χ1) is 26.2. The molecule has 1 aromatic heterocycles. The molecule has 54 heavy (non-hydrogen) atoms. The Morgan fingerprint density at radius 1 is 0.981 bits per heavy atom. The van der Waals surface area contributed by atoms with Crippen LogP contribution in [0.25, 0.3) is 10.9 Å². The van der Waals surface area contributed by atoms with Crippen LogP contribution in [-0.4, -0.2) is 116 Å². The van der Waals surface area contributed by atoms with Gasteiger partial charge in [-0.25, -0.2) is 14.8 Å². The maximum Gasteiger partial charge on any atom is 0.334 e. The molecule has 2 N–H and O–H groups in total. The number of para-hydroxylation sites is 1. The molecule has 2 atom stereocenters. The second kappa shape index (κ2) is 15.7. The van der Waals surface area contributed by atoms with Crippen LogP contribution in [0.5, 0.6) is 5.75 Å². The largest absolute Gasteiger partial charge is 0.508 e. The van der Waals surface area contributed by atoms with Crippen molar-refractivity contribution in [3.8, 4) is 5.75 Å². The summed E-state index contributed by atoms with van der Waals surface area (Å²) >= 11 is 0. The van der Waals surface area contributed by atoms with Gasteiger partial charge in [-0.1, -0.05) is 66.7 Å². The molecule has 0 radical (unpaired) electrons. The number of hydrazine groups is 1. The molecular formula is C41H47N7O6. The number of phenolic OH excluding ortho intramolecular Hbond substituents is 1. The summed E-state index contributed by atoms with van der Waals surface area (Å²) in [6.45, 7) is 5.77. The number of likely N-dealkylation sites (tertiary alicyclic amines) is 1. The lowest BCUT2D eigenvalue weighted by Gasteiger charge is -2.55. The fourth-order valence-corrected chi connectivity index (χ4v) is 8.07. The fraction of sp³-hybridized carbons (Fsp3) is 0.366. The van der Waals surface area contributed by atoms with Crippen molar-refractivity contribution in [3.05, 3.63) is 114 Å². The summed E-state index contributed by atoms with van der Waals surface area (Å²) in [5.74, 6) is -0.464. The molecule has 0 bridgehead atoms. The number of nitrogens with zero attached hydrogens (tertiary/aromatic N) is 6. The number of rotatable bonds is 10. The normalized spacial score (nSPS) is 19.7. The minimum atomic E-state index is -0.920. The Balaban J connectivity index is 1.23. The molecule has 4 heterocycles. The number of aromatic hydroxyl groups is 1. The molecule has 3 saturated heterocycles. The second-order valence-corrected chi connectivity index (χ2v) is 14.2. The average Bonchev–Trinajstić information content (AvgIpc) is 3.53. The van der Waals surface area contributed by atoms with Gasteiger partial charge in [-0.3, -0.25) is 14.4 Å². The molecule has 3 aromatic carbocycles. The predicted octanol–water partition coefficient (Wildman–Crippen LogP) is 3.87. The molecule has 3 fully saturated rings. The van der Waals surface area contributed by atoms with Gasteiger partial charge in [-0.2, -0.15) is 0 Å². The summed E-state index contributed by atoms with van der Waals surface area (Å²) in [4.78, 5) is 61.8. The number of carbonyl (C=O) groups is 4. The highest BCUT2D eigenvalue weighted by Crippen LogP contribution is 2.32. The molecule has 282 valence electrons. The number of carbonyl (C=O) groups excluding carboxylic acids is 4. The van der Waals surface area contributed by atoms with Crippen LogP contribution in [0.1, 0.15) is 39.9 Å². The first kappa shape index (κ1) is 36.7. The number of piperidine rings is 1. The van der Waals surface area contributed by atoms with E-state index in [1.807, 2.05) is 71.2 Å². The van der Waals surface area contributed by atoms with Gasteiger partial charge in [0.15, 0.2) is 0 Å². The van der Waals surface area contributed by atoms with Crippen molar-refractivity contribution in [1.82, 2.24) is 34.6 Å². The number of phenols is 1. The topological polar surface area (TPSA) is 131 Å². The van der Waals surface area contributed by atoms with E-state index in [-0.39, 0.29) is 68.7 Å². The highest BCUT2D eigenvalue weighted by Gasteiger charge is 2.51. The van der Waals surface area contributed by atoms with E-state index >= 15 is 0 Å². The van der Waals surface area contributed by atoms with Gasteiger partial charge in [0.05, 0.1) is 30.3 Å². The molecule has 0 aliphatic carbocycles. The second-order valence-electron chi connectivity index (χ2n) is 14.2. The van der Waals surface area contributed by atoms with E-state index in [4.69, 9.17) is 4.74 Å². The lowest BCUT2D eigenvalue weighted by molar-refractivity contribution is -0.189. The molecule has 0 unspecified atom stereocenters. The molecular weight excluding hydrogens is 686 g/mol. The third-order valence-electron chi connectivity index (χ3n) is 10.8. The van der Waals surface area contributed by atoms with Crippen LogP contribution in [-0.2, 0) is 40.9 Å². The molecule has 4 aromatic rings. The average molecular weight is 734 g/mol. The van der Waals surface area contributed by atoms with E-state index in [1.54, 1.807) is 57.3 Å². The number of piperazine rings is 1. The Morgan fingerprint density at radius 3 is 2.43 bits per heavy atom. The van der Waals surface area contributed by atoms with Gasteiger partial charge in [-0.15, -0.1) is 6.58 Å². The van der Waals surface area contributed by atoms with Gasteiger partial charge < -0.3 is 34.4 Å². The Labute approximate surface area is 314 Å². The van der Waals surface area contributed by atoms with Gasteiger partial charge in [0.2, 0.25) is 11.8 Å². The Bertz CT molecular complexity index is 2020. The summed E-state index contributed by atoms with van der Waals surface area (Å²) in [6, 6.07) is 20.6. The van der Waals surface area contributed by atoms with Gasteiger partial charge in [0, 0.05) is 64.9 Å². The van der Waals surface area contributed by atoms with Crippen LogP contribution < -0.4 is 5.32 Å². The van der Waals surface area contributed by atoms with Crippen molar-refractivity contribution in [2.45, 2.75) is 50.7 Å². The highest BCUT2D eigenvalue weighted by atomic mass is 16.5. The van der Waals surface area contributed by atoms with Crippen LogP contribution in [0.3, 0.4) is 0 Å². The maximum atomic E-state index is 14.6. The number of amides is 5. The minimum absolute atomic E-state index is 0.0360. The summed E-state index contributed by atoms with van der Waals surface area (Å²) in [7, 11) is 3.61. The summed E-state index contributed by atoms with van der Waals surface area (Å²) in [5, 5.41) is 17.0. The molecule has 0 saturated carbocycles. The molecule has 0 spiro atoms. The zero-order valence-corrected chi connectivity index (χ0v) is 30.8. The number of aromatic nitrogens is 1. The van der Waals surface area contributed by atoms with E-state index in [9.17, 15) is 24.3 Å². The molecule has 3 aliphatic heterocycles. The lowest BCUT2D eigenvalue weighted by Crippen LogP contribution is -2.76. The summed E-state index contributed by atoms with van der Waals surface area (Å²) in [5.41, 5.74) is 3.96. The number of nitrogens with one attached hydrogen (secondary N) is 1. The van der Waals surface area contributed by atoms with Crippen molar-refractivity contribution in [1.29, 1.82) is 0 Å². The van der Waals surface area contributed by atoms with E-state index in [0.717, 1.165) is 40.4 Å². The van der Waals surface area contributed by atoms with Crippen molar-refractivity contribution in [3.63, 3.8) is 0 Å². The van der Waals surface area contributed by atoms with E-state index < -0.39 is 18.2 Å². The number of hydrogen-bond acceptors (Lipinski definition) is 7. The van der Waals surface area contributed by atoms with Crippen LogP contribution in [0.2, 0.25) is 0 Å². The van der Waals surface area contributed by atoms with Crippen molar-refractivity contribution in [2.75, 3.05) is 39.8 Å². The van der Waals surface area contributed by atoms with Gasteiger partial charge in [-0.05, 0) is 41.7 Å². The van der Waals surface area contributed by atoms with Gasteiger partial charge in [0.1, 0.15) is 18.0 Å². The van der Waals surface area contributed by atoms with Crippen molar-refractivity contribution in [2.24, 2.45) is 7.05 Å². The third kappa shape index (κ3) is 7.29. The predicted molar refractivity (Wildman–Crippen MR) is 203 cm³/mol. The highest BCUT2D eigenvalue weighted by molar-refractivity contribution is 6.07. The zero-order chi connectivity index (χ0) is 37.9. The summed E-state index contributed by atoms with van der Waals surface area (Å²) < 4.78 is 7.45. The van der Waals surface area contributed by atoms with E-state index in [2.05, 4.69) is 11.9 Å². The van der Waals surface area contributed by atoms with Crippen molar-refractivity contribution < 1.29 is 29.0 Å². The van der Waals surface area contributed by atoms with E-state index in [0.29, 0.717) is 18.7 Å². The van der Waals surface area contributed by atoms with Crippen LogP contribution in [0, 0.1) is 0 Å². The van der Waals surface area contributed by atoms with E-state index in [1.165, 1.54) is 0 Å². The zero-order valence-electron chi connectivity index (χ0n) is 30.8. The minimum Gasteiger partial charge on any atom is -0.508 e. The lowest BCUT2D eigenvalue weighted by atomic mass is 9.98. The number of hydrogen-bond donors (Lipinski definition) is 2. The third-order valence-corrected chi connectivity index (χ3v) is 10.8. The number of urea groups is 1. The van der Waals surface area contributed by atoms with Crippen LogP contribution >= 0.6 is 0 Å². The fourth-order valence-electron chi connectivity index (χ4n) is 8.07. The Morgan fingerprint density at radius 2 is 1.72 bits per heavy atom. The van der Waals surface area contributed by atoms with Crippen LogP contribution in [0.15, 0.2) is 91.6 Å². The van der Waals surface area contributed by atoms with Crippen molar-refractivity contribution >= 4 is 34.7 Å². The quantitative estimate of drug-likeness (QED) is 0.237. The standard InChI is InChI=1S/C41H47N7O6/c1-4-19-46-27-37(50)47-35(22-28-13-15-31(49)16-14-28)40(52)45(26-36(47)48(46)41(53)42-23-29-9-6-5-7-10-29)24-30-11-8-12-33-34(25-43(2)38(30)33)39(51)44-20-17-32(54-3)18-21-44/h4-16,25,32,35-36,49H,1,17-24,26-27H2,2-3H3,(H,42,53)/t35-,36-/m0/s1. The number of ether oxygens (including phenoxy) is 1. The number of fused-ring (bicyclic) bond motifs is 2. The smallest absolute Gasteiger partial charge is 0.334 e. The molecule has 5 amide bonds. The molecule has 7 rings (SSSR count). The number of aryl methyl sites for hydroxylation is 1. The SMILES string of the molecule is C=CCN1CC(=O)N2[C@@H](Cc3ccc(O)cc3)C(=O)N(Cc3cccc4c(C(=O)N5CCC(OC)CC5)cn(C)c34)C[C@@H]2N1C(=O)NCc1ccccc1.